The van der Waals surface area contributed by atoms with Crippen LogP contribution < -0.4 is 32.4 Å². The molecule has 0 aliphatic heterocycles. The minimum Gasteiger partial charge on any atom is -0.287 e. The van der Waals surface area contributed by atoms with Gasteiger partial charge in [0.25, 0.3) is 0 Å². The lowest BCUT2D eigenvalue weighted by atomic mass is 9.68. The number of benzene rings is 4. The summed E-state index contributed by atoms with van der Waals surface area (Å²) in [5.74, 6) is 0. The molecule has 8 heteroatoms. The quantitative estimate of drug-likeness (QED) is 0.194. The molecule has 0 radical (unpaired) electrons. The molecule has 0 unspecified atom stereocenters. The highest BCUT2D eigenvalue weighted by Crippen LogP contribution is 2.62. The van der Waals surface area contributed by atoms with E-state index in [1.807, 2.05) is 48.5 Å². The Hall–Kier alpha value is -5.18. The van der Waals surface area contributed by atoms with Crippen LogP contribution in [0.2, 0.25) is 0 Å². The van der Waals surface area contributed by atoms with Gasteiger partial charge in [-0.2, -0.15) is 0 Å². The summed E-state index contributed by atoms with van der Waals surface area (Å²) in [5, 5.41) is 6.45. The van der Waals surface area contributed by atoms with E-state index in [9.17, 15) is 19.2 Å². The molecule has 48 heavy (non-hydrogen) atoms. The van der Waals surface area contributed by atoms with Gasteiger partial charge in [-0.25, -0.2) is 9.98 Å². The smallest absolute Gasteiger partial charge is 0.216 e. The van der Waals surface area contributed by atoms with Gasteiger partial charge in [0.15, 0.2) is 10.7 Å². The summed E-state index contributed by atoms with van der Waals surface area (Å²) in [5.41, 5.74) is 0.822. The molecular weight excluding hydrogens is 637 g/mol. The number of thiophene rings is 2. The Labute approximate surface area is 279 Å². The molecule has 0 bridgehead atoms. The van der Waals surface area contributed by atoms with Crippen molar-refractivity contribution in [3.8, 4) is 9.75 Å². The number of hydrogen-bond acceptors (Lipinski definition) is 8. The maximum absolute atomic E-state index is 13.5. The third-order valence-electron chi connectivity index (χ3n) is 10.4. The van der Waals surface area contributed by atoms with Gasteiger partial charge in [0.1, 0.15) is 10.0 Å². The molecule has 6 aromatic carbocycles. The molecule has 1 fully saturated rings. The van der Waals surface area contributed by atoms with Gasteiger partial charge in [0.05, 0.1) is 9.75 Å². The van der Waals surface area contributed by atoms with E-state index >= 15 is 0 Å². The van der Waals surface area contributed by atoms with Crippen molar-refractivity contribution in [2.24, 2.45) is 9.98 Å². The van der Waals surface area contributed by atoms with Gasteiger partial charge in [-0.05, 0) is 81.9 Å². The van der Waals surface area contributed by atoms with E-state index in [1.165, 1.54) is 33.8 Å². The van der Waals surface area contributed by atoms with Crippen LogP contribution in [0.3, 0.4) is 0 Å². The van der Waals surface area contributed by atoms with Crippen LogP contribution in [-0.4, -0.2) is 0 Å². The normalized spacial score (nSPS) is 15.2. The molecule has 2 aromatic heterocycles. The fourth-order valence-electron chi connectivity index (χ4n) is 8.13. The minimum atomic E-state index is -0.337. The van der Waals surface area contributed by atoms with Gasteiger partial charge < -0.3 is 0 Å². The van der Waals surface area contributed by atoms with E-state index < -0.39 is 0 Å². The van der Waals surface area contributed by atoms with Gasteiger partial charge in [-0.3, -0.25) is 19.2 Å². The molecule has 0 N–H and O–H groups in total. The van der Waals surface area contributed by atoms with Gasteiger partial charge >= 0.3 is 0 Å². The van der Waals surface area contributed by atoms with E-state index in [0.717, 1.165) is 63.4 Å². The van der Waals surface area contributed by atoms with Crippen molar-refractivity contribution in [2.75, 3.05) is 0 Å². The molecule has 8 aromatic rings. The second kappa shape index (κ2) is 9.92. The fraction of sp³-hybridized carbons (Fsp3) is 0.150. The van der Waals surface area contributed by atoms with Gasteiger partial charge in [-0.15, -0.1) is 22.7 Å². The van der Waals surface area contributed by atoms with E-state index in [4.69, 9.17) is 9.98 Å². The van der Waals surface area contributed by atoms with Crippen molar-refractivity contribution >= 4 is 75.8 Å². The van der Waals surface area contributed by atoms with Crippen LogP contribution in [0.25, 0.3) is 52.8 Å². The van der Waals surface area contributed by atoms with E-state index in [0.29, 0.717) is 31.5 Å². The first-order valence-corrected chi connectivity index (χ1v) is 17.7. The Morgan fingerprint density at radius 2 is 0.833 bits per heavy atom. The Bertz CT molecular complexity index is 2690. The van der Waals surface area contributed by atoms with Crippen LogP contribution in [0.5, 0.6) is 0 Å². The Morgan fingerprint density at radius 1 is 0.479 bits per heavy atom. The summed E-state index contributed by atoms with van der Waals surface area (Å²) < 4.78 is 0. The highest BCUT2D eigenvalue weighted by atomic mass is 32.1. The van der Waals surface area contributed by atoms with Crippen molar-refractivity contribution in [1.29, 1.82) is 0 Å². The van der Waals surface area contributed by atoms with Crippen LogP contribution in [0, 0.1) is 0 Å². The summed E-state index contributed by atoms with van der Waals surface area (Å²) in [4.78, 5) is 65.5. The Morgan fingerprint density at radius 3 is 1.19 bits per heavy atom. The van der Waals surface area contributed by atoms with E-state index in [1.54, 1.807) is 24.3 Å². The predicted octanol–water partition coefficient (Wildman–Crippen LogP) is 7.31. The largest absolute Gasteiger partial charge is 0.287 e. The van der Waals surface area contributed by atoms with Crippen LogP contribution >= 0.6 is 22.7 Å². The SMILES string of the molecule is O=c1c(=Nc2cc3c(s2)-c2sc(N=c4c(=O)c5cc6ccccc6cc5c4=O)cc2C32CCCCC2)c(=O)c2cc3ccccc3cc12. The minimum absolute atomic E-state index is 0.0399. The summed E-state index contributed by atoms with van der Waals surface area (Å²) >= 11 is 2.98. The zero-order valence-electron chi connectivity index (χ0n) is 25.5. The zero-order valence-corrected chi connectivity index (χ0v) is 27.1. The Balaban J connectivity index is 1.14. The maximum Gasteiger partial charge on any atom is 0.216 e. The third kappa shape index (κ3) is 3.78. The molecule has 1 spiro atoms. The first kappa shape index (κ1) is 27.9. The van der Waals surface area contributed by atoms with E-state index in [2.05, 4.69) is 12.1 Å². The number of fused-ring (bicyclic) bond motifs is 9. The monoisotopic (exact) mass is 660 g/mol. The van der Waals surface area contributed by atoms with E-state index in [-0.39, 0.29) is 37.8 Å². The van der Waals surface area contributed by atoms with Gasteiger partial charge in [0.2, 0.25) is 21.7 Å². The molecule has 0 amide bonds. The molecule has 2 heterocycles. The van der Waals surface area contributed by atoms with Crippen molar-refractivity contribution in [3.05, 3.63) is 148 Å². The summed E-state index contributed by atoms with van der Waals surface area (Å²) in [6.07, 6.45) is 5.27. The average Bonchev–Trinajstić information content (AvgIpc) is 3.88. The molecule has 6 nitrogen and oxygen atoms in total. The fourth-order valence-corrected chi connectivity index (χ4v) is 10.6. The summed E-state index contributed by atoms with van der Waals surface area (Å²) in [6.45, 7) is 0. The first-order valence-electron chi connectivity index (χ1n) is 16.1. The topological polar surface area (TPSA) is 93.0 Å². The zero-order chi connectivity index (χ0) is 32.3. The Kier molecular flexibility index (Phi) is 5.76. The lowest BCUT2D eigenvalue weighted by Crippen LogP contribution is -2.31. The standard InChI is InChI=1S/C40H24N2O4S2/c43-34-24-14-20-8-2-3-9-21(20)15-25(24)35(44)32(34)41-30-18-28-38(47-30)39-29(40(28)12-6-1-7-13-40)19-31(48-39)42-33-36(45)26-16-22-10-4-5-11-23(22)17-27(26)37(33)46/h2-5,8-11,14-19H,1,6-7,12-13H2. The molecule has 230 valence electrons. The lowest BCUT2D eigenvalue weighted by Gasteiger charge is -2.34. The van der Waals surface area contributed by atoms with Gasteiger partial charge in [-0.1, -0.05) is 67.8 Å². The molecule has 1 saturated carbocycles. The lowest BCUT2D eigenvalue weighted by molar-refractivity contribution is 0.353. The van der Waals surface area contributed by atoms with Crippen molar-refractivity contribution in [3.63, 3.8) is 0 Å². The highest BCUT2D eigenvalue weighted by molar-refractivity contribution is 7.26. The number of nitrogens with zero attached hydrogens (tertiary/aromatic N) is 2. The maximum atomic E-state index is 13.5. The molecule has 0 atom stereocenters. The highest BCUT2D eigenvalue weighted by Gasteiger charge is 2.46. The first-order chi connectivity index (χ1) is 23.4. The molecule has 0 saturated heterocycles. The van der Waals surface area contributed by atoms with Crippen LogP contribution in [-0.2, 0) is 5.41 Å². The second-order valence-electron chi connectivity index (χ2n) is 13.0. The van der Waals surface area contributed by atoms with Gasteiger partial charge in [0, 0.05) is 27.0 Å². The molecule has 2 aliphatic carbocycles. The summed E-state index contributed by atoms with van der Waals surface area (Å²) in [6, 6.07) is 26.7. The third-order valence-corrected chi connectivity index (χ3v) is 12.7. The van der Waals surface area contributed by atoms with Crippen molar-refractivity contribution in [1.82, 2.24) is 0 Å². The van der Waals surface area contributed by atoms with Crippen LogP contribution in [0.1, 0.15) is 43.2 Å². The molecular formula is C40H24N2O4S2. The molecule has 2 aliphatic rings. The number of rotatable bonds is 2. The van der Waals surface area contributed by atoms with Crippen LogP contribution in [0.4, 0.5) is 10.0 Å². The average molecular weight is 661 g/mol. The van der Waals surface area contributed by atoms with Crippen molar-refractivity contribution < 1.29 is 0 Å². The second-order valence-corrected chi connectivity index (χ2v) is 15.1. The predicted molar refractivity (Wildman–Crippen MR) is 195 cm³/mol. The summed E-state index contributed by atoms with van der Waals surface area (Å²) in [7, 11) is 0. The van der Waals surface area contributed by atoms with Crippen LogP contribution in [0.15, 0.2) is 114 Å². The van der Waals surface area contributed by atoms with Crippen molar-refractivity contribution in [2.45, 2.75) is 37.5 Å². The molecule has 10 rings (SSSR count). The number of hydrogen-bond donors (Lipinski definition) is 0.